The van der Waals surface area contributed by atoms with Crippen LogP contribution in [0.5, 0.6) is 0 Å². The molecule has 0 heterocycles. The first-order valence-electron chi connectivity index (χ1n) is 7.75. The summed E-state index contributed by atoms with van der Waals surface area (Å²) in [6, 6.07) is 8.17. The molecule has 2 aliphatic carbocycles. The molecule has 2 atom stereocenters. The van der Waals surface area contributed by atoms with Crippen LogP contribution in [-0.4, -0.2) is 11.8 Å². The summed E-state index contributed by atoms with van der Waals surface area (Å²) in [6.45, 7) is 0. The number of carbonyl (C=O) groups excluding carboxylic acids is 1. The van der Waals surface area contributed by atoms with Crippen LogP contribution >= 0.6 is 11.6 Å². The second-order valence-corrected chi connectivity index (χ2v) is 6.50. The molecule has 2 unspecified atom stereocenters. The SMILES string of the molecule is O=C(Nc1cccc(CCCCl)c1)C1C2CCCCC21. The monoisotopic (exact) mass is 291 g/mol. The lowest BCUT2D eigenvalue weighted by Crippen LogP contribution is -2.15. The number of nitrogens with one attached hydrogen (secondary N) is 1. The molecule has 1 amide bonds. The zero-order chi connectivity index (χ0) is 13.9. The van der Waals surface area contributed by atoms with Gasteiger partial charge in [-0.15, -0.1) is 11.6 Å². The van der Waals surface area contributed by atoms with Crippen molar-refractivity contribution in [2.24, 2.45) is 17.8 Å². The van der Waals surface area contributed by atoms with Gasteiger partial charge >= 0.3 is 0 Å². The van der Waals surface area contributed by atoms with Crippen molar-refractivity contribution >= 4 is 23.2 Å². The minimum atomic E-state index is 0.233. The maximum Gasteiger partial charge on any atom is 0.228 e. The molecule has 1 aromatic rings. The Kier molecular flexibility index (Phi) is 4.30. The van der Waals surface area contributed by atoms with E-state index < -0.39 is 0 Å². The van der Waals surface area contributed by atoms with E-state index in [1.807, 2.05) is 12.1 Å². The van der Waals surface area contributed by atoms with Gasteiger partial charge in [-0.2, -0.15) is 0 Å². The van der Waals surface area contributed by atoms with Gasteiger partial charge in [0.1, 0.15) is 0 Å². The van der Waals surface area contributed by atoms with Gasteiger partial charge in [-0.25, -0.2) is 0 Å². The largest absolute Gasteiger partial charge is 0.326 e. The van der Waals surface area contributed by atoms with Crippen molar-refractivity contribution < 1.29 is 4.79 Å². The first-order valence-corrected chi connectivity index (χ1v) is 8.29. The van der Waals surface area contributed by atoms with Crippen molar-refractivity contribution in [1.82, 2.24) is 0 Å². The molecular formula is C17H22ClNO. The Balaban J connectivity index is 1.58. The highest BCUT2D eigenvalue weighted by Crippen LogP contribution is 2.55. The van der Waals surface area contributed by atoms with E-state index in [2.05, 4.69) is 17.4 Å². The highest BCUT2D eigenvalue weighted by molar-refractivity contribution is 6.17. The van der Waals surface area contributed by atoms with Crippen molar-refractivity contribution in [3.05, 3.63) is 29.8 Å². The number of hydrogen-bond donors (Lipinski definition) is 1. The molecule has 3 rings (SSSR count). The molecular weight excluding hydrogens is 270 g/mol. The van der Waals surface area contributed by atoms with E-state index >= 15 is 0 Å². The fraction of sp³-hybridized carbons (Fsp3) is 0.588. The van der Waals surface area contributed by atoms with Crippen LogP contribution in [0.2, 0.25) is 0 Å². The molecule has 1 N–H and O–H groups in total. The van der Waals surface area contributed by atoms with E-state index in [9.17, 15) is 4.79 Å². The Morgan fingerprint density at radius 2 is 2.00 bits per heavy atom. The first kappa shape index (κ1) is 13.9. The van der Waals surface area contributed by atoms with Gasteiger partial charge in [0.15, 0.2) is 0 Å². The summed E-state index contributed by atoms with van der Waals surface area (Å²) < 4.78 is 0. The third kappa shape index (κ3) is 3.01. The number of halogens is 1. The number of hydrogen-bond acceptors (Lipinski definition) is 1. The van der Waals surface area contributed by atoms with Gasteiger partial charge in [-0.05, 0) is 55.2 Å². The molecule has 108 valence electrons. The summed E-state index contributed by atoms with van der Waals surface area (Å²) >= 11 is 5.73. The molecule has 2 nitrogen and oxygen atoms in total. The fourth-order valence-electron chi connectivity index (χ4n) is 3.68. The Labute approximate surface area is 125 Å². The summed E-state index contributed by atoms with van der Waals surface area (Å²) in [4.78, 5) is 12.3. The lowest BCUT2D eigenvalue weighted by molar-refractivity contribution is -0.117. The van der Waals surface area contributed by atoms with E-state index in [-0.39, 0.29) is 11.8 Å². The van der Waals surface area contributed by atoms with Crippen LogP contribution in [-0.2, 0) is 11.2 Å². The predicted octanol–water partition coefficient (Wildman–Crippen LogP) is 4.23. The van der Waals surface area contributed by atoms with Gasteiger partial charge in [0, 0.05) is 17.5 Å². The number of carbonyl (C=O) groups is 1. The van der Waals surface area contributed by atoms with Crippen LogP contribution in [0.4, 0.5) is 5.69 Å². The van der Waals surface area contributed by atoms with Crippen LogP contribution in [0.15, 0.2) is 24.3 Å². The minimum absolute atomic E-state index is 0.233. The summed E-state index contributed by atoms with van der Waals surface area (Å²) in [6.07, 6.45) is 7.06. The zero-order valence-electron chi connectivity index (χ0n) is 11.8. The average molecular weight is 292 g/mol. The van der Waals surface area contributed by atoms with Gasteiger partial charge in [-0.3, -0.25) is 4.79 Å². The molecule has 3 heteroatoms. The number of amides is 1. The van der Waals surface area contributed by atoms with Crippen molar-refractivity contribution in [2.45, 2.75) is 38.5 Å². The van der Waals surface area contributed by atoms with E-state index in [0.29, 0.717) is 17.7 Å². The summed E-state index contributed by atoms with van der Waals surface area (Å²) in [7, 11) is 0. The van der Waals surface area contributed by atoms with Crippen LogP contribution in [0, 0.1) is 17.8 Å². The van der Waals surface area contributed by atoms with Gasteiger partial charge in [-0.1, -0.05) is 25.0 Å². The number of alkyl halides is 1. The average Bonchev–Trinajstić information content (AvgIpc) is 3.20. The first-order chi connectivity index (χ1) is 9.79. The highest BCUT2D eigenvalue weighted by atomic mass is 35.5. The Bertz CT molecular complexity index is 476. The number of rotatable bonds is 5. The molecule has 1 aromatic carbocycles. The third-order valence-electron chi connectivity index (χ3n) is 4.75. The molecule has 0 saturated heterocycles. The quantitative estimate of drug-likeness (QED) is 0.808. The topological polar surface area (TPSA) is 29.1 Å². The molecule has 0 aliphatic heterocycles. The van der Waals surface area contributed by atoms with Crippen LogP contribution < -0.4 is 5.32 Å². The Hall–Kier alpha value is -1.02. The van der Waals surface area contributed by atoms with Gasteiger partial charge in [0.05, 0.1) is 0 Å². The fourth-order valence-corrected chi connectivity index (χ4v) is 3.82. The van der Waals surface area contributed by atoms with Crippen LogP contribution in [0.1, 0.15) is 37.7 Å². The van der Waals surface area contributed by atoms with Crippen LogP contribution in [0.25, 0.3) is 0 Å². The van der Waals surface area contributed by atoms with E-state index in [1.54, 1.807) is 0 Å². The van der Waals surface area contributed by atoms with Crippen molar-refractivity contribution in [1.29, 1.82) is 0 Å². The molecule has 2 saturated carbocycles. The Morgan fingerprint density at radius 3 is 2.70 bits per heavy atom. The summed E-state index contributed by atoms with van der Waals surface area (Å²) in [5, 5.41) is 3.11. The molecule has 20 heavy (non-hydrogen) atoms. The second kappa shape index (κ2) is 6.17. The predicted molar refractivity (Wildman–Crippen MR) is 83.1 cm³/mol. The van der Waals surface area contributed by atoms with E-state index in [1.165, 1.54) is 31.2 Å². The Morgan fingerprint density at radius 1 is 1.25 bits per heavy atom. The summed E-state index contributed by atoms with van der Waals surface area (Å²) in [5.74, 6) is 2.54. The maximum absolute atomic E-state index is 12.3. The third-order valence-corrected chi connectivity index (χ3v) is 5.02. The highest BCUT2D eigenvalue weighted by Gasteiger charge is 2.54. The smallest absolute Gasteiger partial charge is 0.228 e. The van der Waals surface area contributed by atoms with Crippen molar-refractivity contribution in [3.63, 3.8) is 0 Å². The van der Waals surface area contributed by atoms with E-state index in [0.717, 1.165) is 18.5 Å². The lowest BCUT2D eigenvalue weighted by Gasteiger charge is -2.07. The maximum atomic E-state index is 12.3. The molecule has 2 fully saturated rings. The van der Waals surface area contributed by atoms with Crippen LogP contribution in [0.3, 0.4) is 0 Å². The van der Waals surface area contributed by atoms with Crippen molar-refractivity contribution in [3.8, 4) is 0 Å². The van der Waals surface area contributed by atoms with E-state index in [4.69, 9.17) is 11.6 Å². The second-order valence-electron chi connectivity index (χ2n) is 6.12. The normalized spacial score (nSPS) is 27.8. The van der Waals surface area contributed by atoms with Gasteiger partial charge in [0.25, 0.3) is 0 Å². The standard InChI is InChI=1S/C17H22ClNO/c18-10-4-6-12-5-3-7-13(11-12)19-17(20)16-14-8-1-2-9-15(14)16/h3,5,7,11,14-16H,1-2,4,6,8-10H2,(H,19,20). The lowest BCUT2D eigenvalue weighted by atomic mass is 10.0. The summed E-state index contributed by atoms with van der Waals surface area (Å²) in [5.41, 5.74) is 2.18. The molecule has 0 aromatic heterocycles. The van der Waals surface area contributed by atoms with Crippen molar-refractivity contribution in [2.75, 3.05) is 11.2 Å². The molecule has 2 aliphatic rings. The number of anilines is 1. The van der Waals surface area contributed by atoms with Gasteiger partial charge < -0.3 is 5.32 Å². The molecule has 0 spiro atoms. The number of benzene rings is 1. The zero-order valence-corrected chi connectivity index (χ0v) is 12.5. The van der Waals surface area contributed by atoms with Gasteiger partial charge in [0.2, 0.25) is 5.91 Å². The molecule has 0 bridgehead atoms. The molecule has 0 radical (unpaired) electrons. The minimum Gasteiger partial charge on any atom is -0.326 e. The number of fused-ring (bicyclic) bond motifs is 1. The number of aryl methyl sites for hydroxylation is 1.